The van der Waals surface area contributed by atoms with Gasteiger partial charge in [-0.15, -0.1) is 0 Å². The summed E-state index contributed by atoms with van der Waals surface area (Å²) in [6.07, 6.45) is 2.84. The van der Waals surface area contributed by atoms with Gasteiger partial charge in [-0.25, -0.2) is 5.01 Å². The van der Waals surface area contributed by atoms with E-state index in [9.17, 15) is 19.5 Å². The van der Waals surface area contributed by atoms with Crippen LogP contribution in [0.15, 0.2) is 59.7 Å². The zero-order valence-corrected chi connectivity index (χ0v) is 22.5. The van der Waals surface area contributed by atoms with E-state index in [1.54, 1.807) is 25.8 Å². The van der Waals surface area contributed by atoms with Gasteiger partial charge in [0.25, 0.3) is 5.91 Å². The van der Waals surface area contributed by atoms with Crippen LogP contribution in [0.4, 0.5) is 0 Å². The van der Waals surface area contributed by atoms with Gasteiger partial charge in [-0.2, -0.15) is 5.10 Å². The fraction of sp³-hybridized carbons (Fsp3) is 0.467. The number of amides is 3. The first-order valence-corrected chi connectivity index (χ1v) is 13.3. The molecule has 202 valence electrons. The second kappa shape index (κ2) is 11.1. The maximum absolute atomic E-state index is 14.1. The molecule has 4 rings (SSSR count). The van der Waals surface area contributed by atoms with Crippen LogP contribution in [-0.2, 0) is 33.8 Å². The molecule has 1 fully saturated rings. The minimum Gasteiger partial charge on any atom is -0.392 e. The van der Waals surface area contributed by atoms with E-state index < -0.39 is 22.7 Å². The Labute approximate surface area is 224 Å². The Morgan fingerprint density at radius 3 is 2.47 bits per heavy atom. The molecule has 0 radical (unpaired) electrons. The van der Waals surface area contributed by atoms with Gasteiger partial charge in [0, 0.05) is 26.6 Å². The number of carbonyl (C=O) groups excluding carboxylic acids is 3. The summed E-state index contributed by atoms with van der Waals surface area (Å²) < 4.78 is 0. The molecule has 2 aromatic carbocycles. The van der Waals surface area contributed by atoms with E-state index in [0.717, 1.165) is 22.4 Å². The van der Waals surface area contributed by atoms with E-state index in [1.807, 2.05) is 54.6 Å². The van der Waals surface area contributed by atoms with E-state index in [4.69, 9.17) is 5.73 Å². The molecule has 2 aromatic rings. The van der Waals surface area contributed by atoms with Crippen molar-refractivity contribution in [3.63, 3.8) is 0 Å². The van der Waals surface area contributed by atoms with Crippen LogP contribution in [0.2, 0.25) is 0 Å². The molecule has 0 aliphatic carbocycles. The van der Waals surface area contributed by atoms with Crippen LogP contribution in [0.25, 0.3) is 0 Å². The van der Waals surface area contributed by atoms with Crippen molar-refractivity contribution in [3.05, 3.63) is 71.3 Å². The number of hydrogen-bond acceptors (Lipinski definition) is 5. The SMILES string of the molecule is CN1N=C2CCN(C(=O)[C@H](CCCc3cccc(CO)c3)C(C)(C)C(N)=O)C[C@@]2(Cc2ccccc2)C1=O. The summed E-state index contributed by atoms with van der Waals surface area (Å²) in [6.45, 7) is 4.11. The van der Waals surface area contributed by atoms with Crippen molar-refractivity contribution in [3.8, 4) is 0 Å². The Kier molecular flexibility index (Phi) is 8.02. The Bertz CT molecular complexity index is 1230. The monoisotopic (exact) mass is 518 g/mol. The van der Waals surface area contributed by atoms with Crippen molar-refractivity contribution < 1.29 is 19.5 Å². The highest BCUT2D eigenvalue weighted by Crippen LogP contribution is 2.40. The van der Waals surface area contributed by atoms with Gasteiger partial charge in [0.1, 0.15) is 5.41 Å². The number of hydrazone groups is 1. The van der Waals surface area contributed by atoms with Gasteiger partial charge < -0.3 is 15.7 Å². The number of benzene rings is 2. The topological polar surface area (TPSA) is 116 Å². The molecule has 0 saturated carbocycles. The van der Waals surface area contributed by atoms with Crippen molar-refractivity contribution in [2.24, 2.45) is 27.6 Å². The molecule has 8 heteroatoms. The first kappa shape index (κ1) is 27.5. The third kappa shape index (κ3) is 5.36. The maximum Gasteiger partial charge on any atom is 0.256 e. The van der Waals surface area contributed by atoms with Gasteiger partial charge in [-0.1, -0.05) is 68.4 Å². The smallest absolute Gasteiger partial charge is 0.256 e. The van der Waals surface area contributed by atoms with E-state index >= 15 is 0 Å². The van der Waals surface area contributed by atoms with E-state index in [0.29, 0.717) is 38.6 Å². The van der Waals surface area contributed by atoms with Crippen LogP contribution in [0, 0.1) is 16.7 Å². The summed E-state index contributed by atoms with van der Waals surface area (Å²) in [5, 5.41) is 15.4. The lowest BCUT2D eigenvalue weighted by molar-refractivity contribution is -0.148. The number of hydrogen-bond donors (Lipinski definition) is 2. The maximum atomic E-state index is 14.1. The quantitative estimate of drug-likeness (QED) is 0.503. The lowest BCUT2D eigenvalue weighted by Gasteiger charge is -2.42. The zero-order chi connectivity index (χ0) is 27.5. The van der Waals surface area contributed by atoms with Crippen LogP contribution in [0.5, 0.6) is 0 Å². The van der Waals surface area contributed by atoms with Gasteiger partial charge in [0.2, 0.25) is 11.8 Å². The fourth-order valence-corrected chi connectivity index (χ4v) is 5.79. The lowest BCUT2D eigenvalue weighted by Crippen LogP contribution is -2.58. The first-order chi connectivity index (χ1) is 18.1. The molecular weight excluding hydrogens is 480 g/mol. The zero-order valence-electron chi connectivity index (χ0n) is 22.5. The Balaban J connectivity index is 1.56. The summed E-state index contributed by atoms with van der Waals surface area (Å²) in [4.78, 5) is 41.8. The molecule has 2 aliphatic rings. The minimum absolute atomic E-state index is 0.0252. The van der Waals surface area contributed by atoms with Gasteiger partial charge in [0.15, 0.2) is 0 Å². The molecule has 0 unspecified atom stereocenters. The van der Waals surface area contributed by atoms with E-state index in [1.165, 1.54) is 5.01 Å². The van der Waals surface area contributed by atoms with Crippen molar-refractivity contribution in [1.82, 2.24) is 9.91 Å². The molecule has 0 bridgehead atoms. The first-order valence-electron chi connectivity index (χ1n) is 13.3. The summed E-state index contributed by atoms with van der Waals surface area (Å²) in [5.74, 6) is -1.40. The largest absolute Gasteiger partial charge is 0.392 e. The van der Waals surface area contributed by atoms with Gasteiger partial charge in [-0.3, -0.25) is 14.4 Å². The highest BCUT2D eigenvalue weighted by molar-refractivity contribution is 6.13. The number of rotatable bonds is 10. The number of aliphatic hydroxyl groups excluding tert-OH is 1. The number of fused-ring (bicyclic) bond motifs is 1. The summed E-state index contributed by atoms with van der Waals surface area (Å²) in [6, 6.07) is 17.5. The van der Waals surface area contributed by atoms with Crippen molar-refractivity contribution in [2.75, 3.05) is 20.1 Å². The highest BCUT2D eigenvalue weighted by Gasteiger charge is 2.54. The third-order valence-electron chi connectivity index (χ3n) is 8.20. The summed E-state index contributed by atoms with van der Waals surface area (Å²) in [5.41, 5.74) is 7.57. The highest BCUT2D eigenvalue weighted by atomic mass is 16.3. The molecule has 3 amide bonds. The fourth-order valence-electron chi connectivity index (χ4n) is 5.79. The van der Waals surface area contributed by atoms with E-state index in [2.05, 4.69) is 5.10 Å². The van der Waals surface area contributed by atoms with Crippen LogP contribution < -0.4 is 5.73 Å². The number of carbonyl (C=O) groups is 3. The summed E-state index contributed by atoms with van der Waals surface area (Å²) in [7, 11) is 1.66. The Morgan fingerprint density at radius 2 is 1.79 bits per heavy atom. The van der Waals surface area contributed by atoms with Crippen LogP contribution in [0.1, 0.15) is 49.8 Å². The Hall–Kier alpha value is -3.52. The number of aliphatic hydroxyl groups is 1. The van der Waals surface area contributed by atoms with Gasteiger partial charge in [0.05, 0.1) is 23.7 Å². The molecule has 38 heavy (non-hydrogen) atoms. The normalized spacial score (nSPS) is 20.2. The number of primary amides is 1. The molecule has 0 spiro atoms. The third-order valence-corrected chi connectivity index (χ3v) is 8.20. The van der Waals surface area contributed by atoms with Gasteiger partial charge >= 0.3 is 0 Å². The molecule has 1 saturated heterocycles. The van der Waals surface area contributed by atoms with Crippen molar-refractivity contribution in [1.29, 1.82) is 0 Å². The van der Waals surface area contributed by atoms with Gasteiger partial charge in [-0.05, 0) is 42.4 Å². The number of likely N-dealkylation sites (tertiary alicyclic amines) is 1. The molecular formula is C30H38N4O4. The van der Waals surface area contributed by atoms with Crippen LogP contribution >= 0.6 is 0 Å². The lowest BCUT2D eigenvalue weighted by atomic mass is 9.71. The Morgan fingerprint density at radius 1 is 1.11 bits per heavy atom. The molecule has 2 aliphatic heterocycles. The van der Waals surface area contributed by atoms with Crippen LogP contribution in [0.3, 0.4) is 0 Å². The predicted octanol–water partition coefficient (Wildman–Crippen LogP) is 2.92. The van der Waals surface area contributed by atoms with Crippen molar-refractivity contribution in [2.45, 2.75) is 52.6 Å². The molecule has 2 atom stereocenters. The number of nitrogens with two attached hydrogens (primary N) is 1. The molecule has 2 heterocycles. The average Bonchev–Trinajstić information content (AvgIpc) is 3.15. The standard InChI is InChI=1S/C30H38N4O4/c1-29(2,27(31)37)24(14-8-12-21-11-7-13-23(17-21)19-35)26(36)34-16-15-25-30(20-34,28(38)33(3)32-25)18-22-9-5-4-6-10-22/h4-7,9-11,13,17,24,35H,8,12,14-16,18-20H2,1-3H3,(H2,31,37)/t24-,30+/m0/s1. The number of aryl methyl sites for hydroxylation is 1. The van der Waals surface area contributed by atoms with Crippen LogP contribution in [-0.4, -0.2) is 58.6 Å². The molecule has 0 aromatic heterocycles. The predicted molar refractivity (Wildman–Crippen MR) is 146 cm³/mol. The molecule has 8 nitrogen and oxygen atoms in total. The second-order valence-corrected chi connectivity index (χ2v) is 11.1. The summed E-state index contributed by atoms with van der Waals surface area (Å²) >= 11 is 0. The van der Waals surface area contributed by atoms with Crippen molar-refractivity contribution >= 4 is 23.4 Å². The number of nitrogens with zero attached hydrogens (tertiary/aromatic N) is 3. The minimum atomic E-state index is -1.05. The second-order valence-electron chi connectivity index (χ2n) is 11.1. The molecule has 3 N–H and O–H groups in total. The van der Waals surface area contributed by atoms with E-state index in [-0.39, 0.29) is 25.0 Å². The average molecular weight is 519 g/mol. The number of piperidine rings is 1.